The van der Waals surface area contributed by atoms with Gasteiger partial charge < -0.3 is 4.98 Å². The van der Waals surface area contributed by atoms with E-state index in [1.165, 1.54) is 0 Å². The summed E-state index contributed by atoms with van der Waals surface area (Å²) in [6.45, 7) is 6.77. The number of nitrogens with zero attached hydrogens (tertiary/aromatic N) is 2. The largest absolute Gasteiger partial charge is 0.326 e. The lowest BCUT2D eigenvalue weighted by molar-refractivity contribution is 0.521. The Labute approximate surface area is 110 Å². The molecule has 0 spiro atoms. The Balaban J connectivity index is 2.57. The molecule has 0 unspecified atom stereocenters. The molecule has 0 atom stereocenters. The number of aromatic nitrogens is 4. The molecule has 0 aliphatic carbocycles. The molecule has 0 aromatic carbocycles. The topological polar surface area (TPSA) is 66.5 Å². The van der Waals surface area contributed by atoms with Crippen molar-refractivity contribution < 1.29 is 0 Å². The van der Waals surface area contributed by atoms with E-state index in [9.17, 15) is 4.79 Å². The average Bonchev–Trinajstić information content (AvgIpc) is 2.60. The van der Waals surface area contributed by atoms with Crippen LogP contribution in [-0.4, -0.2) is 19.7 Å². The van der Waals surface area contributed by atoms with Gasteiger partial charge in [0.1, 0.15) is 0 Å². The summed E-state index contributed by atoms with van der Waals surface area (Å²) in [7, 11) is 0. The fraction of sp³-hybridized carbons (Fsp3) is 0.417. The van der Waals surface area contributed by atoms with Gasteiger partial charge in [-0.3, -0.25) is 14.5 Å². The molecule has 0 radical (unpaired) electrons. The van der Waals surface area contributed by atoms with Crippen LogP contribution in [-0.2, 0) is 6.54 Å². The lowest BCUT2D eigenvalue weighted by Crippen LogP contribution is -2.14. The van der Waals surface area contributed by atoms with Gasteiger partial charge in [0.2, 0.25) is 0 Å². The van der Waals surface area contributed by atoms with Crippen LogP contribution >= 0.6 is 12.2 Å². The van der Waals surface area contributed by atoms with Crippen molar-refractivity contribution in [3.8, 4) is 11.4 Å². The van der Waals surface area contributed by atoms with E-state index in [0.29, 0.717) is 22.1 Å². The molecular weight excluding hydrogens is 248 g/mol. The molecule has 2 rings (SSSR count). The predicted molar refractivity (Wildman–Crippen MR) is 73.0 cm³/mol. The summed E-state index contributed by atoms with van der Waals surface area (Å²) in [5, 5.41) is 6.90. The number of nitrogens with one attached hydrogen (secondary N) is 2. The SMILES string of the molecule is Cc1ccc(-c2n[nH]c(=S)n2CC(C)C)c(=O)[nH]1. The molecule has 0 bridgehead atoms. The van der Waals surface area contributed by atoms with Gasteiger partial charge in [-0.25, -0.2) is 0 Å². The monoisotopic (exact) mass is 264 g/mol. The highest BCUT2D eigenvalue weighted by Crippen LogP contribution is 2.14. The standard InChI is InChI=1S/C12H16N4OS/c1-7(2)6-16-10(14-15-12(16)18)9-5-4-8(3)13-11(9)17/h4-5,7H,6H2,1-3H3,(H,13,17)(H,15,18). The van der Waals surface area contributed by atoms with Crippen molar-refractivity contribution in [1.29, 1.82) is 0 Å². The third kappa shape index (κ3) is 2.43. The van der Waals surface area contributed by atoms with Crippen LogP contribution in [0.1, 0.15) is 19.5 Å². The van der Waals surface area contributed by atoms with E-state index < -0.39 is 0 Å². The maximum absolute atomic E-state index is 11.9. The first-order chi connectivity index (χ1) is 8.49. The van der Waals surface area contributed by atoms with Gasteiger partial charge in [-0.05, 0) is 37.2 Å². The highest BCUT2D eigenvalue weighted by molar-refractivity contribution is 7.71. The number of aromatic amines is 2. The van der Waals surface area contributed by atoms with Gasteiger partial charge in [0.05, 0.1) is 5.56 Å². The molecule has 2 aromatic heterocycles. The van der Waals surface area contributed by atoms with Gasteiger partial charge in [0.15, 0.2) is 10.6 Å². The van der Waals surface area contributed by atoms with E-state index in [1.807, 2.05) is 17.6 Å². The Morgan fingerprint density at radius 1 is 1.44 bits per heavy atom. The van der Waals surface area contributed by atoms with Crippen LogP contribution in [0.15, 0.2) is 16.9 Å². The van der Waals surface area contributed by atoms with Gasteiger partial charge >= 0.3 is 0 Å². The summed E-state index contributed by atoms with van der Waals surface area (Å²) in [6.07, 6.45) is 0. The first kappa shape index (κ1) is 12.8. The number of aryl methyl sites for hydroxylation is 1. The van der Waals surface area contributed by atoms with Crippen molar-refractivity contribution in [2.24, 2.45) is 5.92 Å². The molecule has 0 aliphatic rings. The molecule has 96 valence electrons. The summed E-state index contributed by atoms with van der Waals surface area (Å²) in [5.41, 5.74) is 1.22. The molecule has 18 heavy (non-hydrogen) atoms. The van der Waals surface area contributed by atoms with Crippen LogP contribution in [0.2, 0.25) is 0 Å². The minimum Gasteiger partial charge on any atom is -0.326 e. The lowest BCUT2D eigenvalue weighted by Gasteiger charge is -2.08. The van der Waals surface area contributed by atoms with Crippen LogP contribution < -0.4 is 5.56 Å². The Hall–Kier alpha value is -1.69. The molecule has 5 nitrogen and oxygen atoms in total. The molecule has 6 heteroatoms. The molecule has 2 aromatic rings. The molecule has 2 heterocycles. The molecule has 0 amide bonds. The van der Waals surface area contributed by atoms with Crippen molar-refractivity contribution in [2.75, 3.05) is 0 Å². The molecule has 0 saturated heterocycles. The smallest absolute Gasteiger partial charge is 0.259 e. The highest BCUT2D eigenvalue weighted by atomic mass is 32.1. The third-order valence-corrected chi connectivity index (χ3v) is 2.91. The van der Waals surface area contributed by atoms with Gasteiger partial charge in [-0.15, -0.1) is 0 Å². The number of rotatable bonds is 3. The molecule has 0 saturated carbocycles. The Morgan fingerprint density at radius 2 is 2.17 bits per heavy atom. The zero-order valence-electron chi connectivity index (χ0n) is 10.7. The van der Waals surface area contributed by atoms with E-state index in [1.54, 1.807) is 6.07 Å². The summed E-state index contributed by atoms with van der Waals surface area (Å²) in [4.78, 5) is 14.7. The van der Waals surface area contributed by atoms with Gasteiger partial charge in [0, 0.05) is 12.2 Å². The Kier molecular flexibility index (Phi) is 3.47. The van der Waals surface area contributed by atoms with Gasteiger partial charge in [-0.2, -0.15) is 5.10 Å². The number of H-pyrrole nitrogens is 2. The first-order valence-corrected chi connectivity index (χ1v) is 6.25. The van der Waals surface area contributed by atoms with E-state index in [0.717, 1.165) is 12.2 Å². The minimum absolute atomic E-state index is 0.144. The Morgan fingerprint density at radius 3 is 2.78 bits per heavy atom. The molecule has 2 N–H and O–H groups in total. The van der Waals surface area contributed by atoms with Crippen molar-refractivity contribution in [3.05, 3.63) is 33.0 Å². The van der Waals surface area contributed by atoms with Crippen molar-refractivity contribution >= 4 is 12.2 Å². The predicted octanol–water partition coefficient (Wildman–Crippen LogP) is 2.26. The number of hydrogen-bond donors (Lipinski definition) is 2. The van der Waals surface area contributed by atoms with Crippen molar-refractivity contribution in [3.63, 3.8) is 0 Å². The van der Waals surface area contributed by atoms with Gasteiger partial charge in [-0.1, -0.05) is 13.8 Å². The summed E-state index contributed by atoms with van der Waals surface area (Å²) < 4.78 is 2.40. The normalized spacial score (nSPS) is 11.1. The maximum atomic E-state index is 11.9. The third-order valence-electron chi connectivity index (χ3n) is 2.60. The van der Waals surface area contributed by atoms with Crippen LogP contribution in [0.5, 0.6) is 0 Å². The summed E-state index contributed by atoms with van der Waals surface area (Å²) in [5.74, 6) is 1.02. The van der Waals surface area contributed by atoms with E-state index in [4.69, 9.17) is 12.2 Å². The molecule has 0 fully saturated rings. The van der Waals surface area contributed by atoms with Crippen LogP contribution in [0, 0.1) is 17.6 Å². The van der Waals surface area contributed by atoms with E-state index in [-0.39, 0.29) is 5.56 Å². The summed E-state index contributed by atoms with van der Waals surface area (Å²) >= 11 is 5.19. The quantitative estimate of drug-likeness (QED) is 0.836. The van der Waals surface area contributed by atoms with Gasteiger partial charge in [0.25, 0.3) is 5.56 Å². The minimum atomic E-state index is -0.144. The fourth-order valence-electron chi connectivity index (χ4n) is 1.81. The second-order valence-electron chi connectivity index (χ2n) is 4.74. The van der Waals surface area contributed by atoms with Crippen LogP contribution in [0.25, 0.3) is 11.4 Å². The zero-order valence-corrected chi connectivity index (χ0v) is 11.5. The van der Waals surface area contributed by atoms with E-state index >= 15 is 0 Å². The molecular formula is C12H16N4OS. The first-order valence-electron chi connectivity index (χ1n) is 5.84. The number of hydrogen-bond acceptors (Lipinski definition) is 3. The van der Waals surface area contributed by atoms with Crippen LogP contribution in [0.3, 0.4) is 0 Å². The van der Waals surface area contributed by atoms with E-state index in [2.05, 4.69) is 29.0 Å². The van der Waals surface area contributed by atoms with Crippen LogP contribution in [0.4, 0.5) is 0 Å². The highest BCUT2D eigenvalue weighted by Gasteiger charge is 2.13. The zero-order chi connectivity index (χ0) is 13.3. The van der Waals surface area contributed by atoms with Crippen molar-refractivity contribution in [2.45, 2.75) is 27.3 Å². The number of pyridine rings is 1. The maximum Gasteiger partial charge on any atom is 0.259 e. The second kappa shape index (κ2) is 4.89. The average molecular weight is 264 g/mol. The lowest BCUT2D eigenvalue weighted by atomic mass is 10.2. The Bertz CT molecular complexity index is 665. The molecule has 0 aliphatic heterocycles. The fourth-order valence-corrected chi connectivity index (χ4v) is 2.01. The second-order valence-corrected chi connectivity index (χ2v) is 5.13. The van der Waals surface area contributed by atoms with Crippen molar-refractivity contribution in [1.82, 2.24) is 19.7 Å². The summed E-state index contributed by atoms with van der Waals surface area (Å²) in [6, 6.07) is 3.63.